The SMILES string of the molecule is CCN(CC)C(N)=NCC(c1ccccc1Cl)N(CC)CC.I. The Bertz CT molecular complexity index is 473. The fraction of sp³-hybridized carbons (Fsp3) is 0.588. The van der Waals surface area contributed by atoms with Crippen molar-refractivity contribution in [2.24, 2.45) is 10.7 Å². The third-order valence-electron chi connectivity index (χ3n) is 4.03. The number of halogens is 2. The smallest absolute Gasteiger partial charge is 0.191 e. The van der Waals surface area contributed by atoms with Gasteiger partial charge in [0.2, 0.25) is 0 Å². The Morgan fingerprint density at radius 3 is 2.13 bits per heavy atom. The number of rotatable bonds is 8. The molecule has 0 saturated heterocycles. The maximum Gasteiger partial charge on any atom is 0.191 e. The minimum Gasteiger partial charge on any atom is -0.370 e. The van der Waals surface area contributed by atoms with Crippen LogP contribution in [0, 0.1) is 0 Å². The van der Waals surface area contributed by atoms with Gasteiger partial charge < -0.3 is 10.6 Å². The fourth-order valence-electron chi connectivity index (χ4n) is 2.65. The molecule has 1 aromatic carbocycles. The molecule has 0 saturated carbocycles. The molecule has 132 valence electrons. The Kier molecular flexibility index (Phi) is 11.6. The maximum atomic E-state index is 6.39. The summed E-state index contributed by atoms with van der Waals surface area (Å²) in [6, 6.07) is 8.14. The lowest BCUT2D eigenvalue weighted by Gasteiger charge is -2.30. The van der Waals surface area contributed by atoms with E-state index in [1.807, 2.05) is 18.2 Å². The summed E-state index contributed by atoms with van der Waals surface area (Å²) in [6.45, 7) is 12.7. The predicted octanol–water partition coefficient (Wildman–Crippen LogP) is 4.00. The molecule has 0 fully saturated rings. The molecular formula is C17H30ClIN4. The van der Waals surface area contributed by atoms with Crippen LogP contribution in [-0.4, -0.2) is 48.5 Å². The van der Waals surface area contributed by atoms with Crippen molar-refractivity contribution in [3.63, 3.8) is 0 Å². The zero-order chi connectivity index (χ0) is 16.5. The third-order valence-corrected chi connectivity index (χ3v) is 4.38. The van der Waals surface area contributed by atoms with Crippen molar-refractivity contribution in [1.82, 2.24) is 9.80 Å². The van der Waals surface area contributed by atoms with Crippen molar-refractivity contribution in [2.45, 2.75) is 33.7 Å². The molecule has 0 aromatic heterocycles. The number of hydrogen-bond donors (Lipinski definition) is 1. The van der Waals surface area contributed by atoms with Gasteiger partial charge in [-0.3, -0.25) is 9.89 Å². The van der Waals surface area contributed by atoms with Gasteiger partial charge in [-0.2, -0.15) is 0 Å². The van der Waals surface area contributed by atoms with Crippen molar-refractivity contribution in [1.29, 1.82) is 0 Å². The Labute approximate surface area is 163 Å². The van der Waals surface area contributed by atoms with Crippen molar-refractivity contribution in [3.8, 4) is 0 Å². The van der Waals surface area contributed by atoms with E-state index in [1.54, 1.807) is 0 Å². The molecule has 1 rings (SSSR count). The second-order valence-corrected chi connectivity index (χ2v) is 5.54. The van der Waals surface area contributed by atoms with E-state index in [1.165, 1.54) is 0 Å². The van der Waals surface area contributed by atoms with Crippen molar-refractivity contribution >= 4 is 41.5 Å². The number of benzene rings is 1. The van der Waals surface area contributed by atoms with E-state index in [0.29, 0.717) is 12.5 Å². The zero-order valence-corrected chi connectivity index (χ0v) is 17.7. The molecule has 0 bridgehead atoms. The van der Waals surface area contributed by atoms with Crippen molar-refractivity contribution < 1.29 is 0 Å². The second-order valence-electron chi connectivity index (χ2n) is 5.13. The molecule has 23 heavy (non-hydrogen) atoms. The van der Waals surface area contributed by atoms with Crippen LogP contribution in [-0.2, 0) is 0 Å². The molecule has 4 nitrogen and oxygen atoms in total. The predicted molar refractivity (Wildman–Crippen MR) is 112 cm³/mol. The van der Waals surface area contributed by atoms with Crippen LogP contribution in [0.5, 0.6) is 0 Å². The van der Waals surface area contributed by atoms with E-state index in [0.717, 1.165) is 36.8 Å². The van der Waals surface area contributed by atoms with Gasteiger partial charge in [0.1, 0.15) is 0 Å². The minimum atomic E-state index is 0. The van der Waals surface area contributed by atoms with Crippen molar-refractivity contribution in [2.75, 3.05) is 32.7 Å². The van der Waals surface area contributed by atoms with Crippen LogP contribution < -0.4 is 5.73 Å². The van der Waals surface area contributed by atoms with Crippen LogP contribution in [0.2, 0.25) is 5.02 Å². The molecule has 0 aliphatic carbocycles. The monoisotopic (exact) mass is 452 g/mol. The molecule has 6 heteroatoms. The molecule has 1 atom stereocenters. The highest BCUT2D eigenvalue weighted by atomic mass is 127. The zero-order valence-electron chi connectivity index (χ0n) is 14.6. The van der Waals surface area contributed by atoms with E-state index in [4.69, 9.17) is 17.3 Å². The van der Waals surface area contributed by atoms with Crippen LogP contribution in [0.25, 0.3) is 0 Å². The lowest BCUT2D eigenvalue weighted by Crippen LogP contribution is -2.38. The van der Waals surface area contributed by atoms with E-state index < -0.39 is 0 Å². The molecule has 0 heterocycles. The first-order chi connectivity index (χ1) is 10.6. The summed E-state index contributed by atoms with van der Waals surface area (Å²) < 4.78 is 0. The molecule has 0 amide bonds. The summed E-state index contributed by atoms with van der Waals surface area (Å²) in [5.74, 6) is 0.606. The first-order valence-corrected chi connectivity index (χ1v) is 8.49. The van der Waals surface area contributed by atoms with E-state index in [9.17, 15) is 0 Å². The second kappa shape index (κ2) is 11.9. The first kappa shape index (κ1) is 22.5. The number of likely N-dealkylation sites (N-methyl/N-ethyl adjacent to an activating group) is 1. The number of nitrogens with zero attached hydrogens (tertiary/aromatic N) is 3. The lowest BCUT2D eigenvalue weighted by atomic mass is 10.1. The largest absolute Gasteiger partial charge is 0.370 e. The normalized spacial score (nSPS) is 12.9. The van der Waals surface area contributed by atoms with Gasteiger partial charge in [0.05, 0.1) is 12.6 Å². The number of nitrogens with two attached hydrogens (primary N) is 1. The number of guanidine groups is 1. The van der Waals surface area contributed by atoms with Crippen LogP contribution in [0.15, 0.2) is 29.3 Å². The van der Waals surface area contributed by atoms with Crippen molar-refractivity contribution in [3.05, 3.63) is 34.9 Å². The molecule has 1 aromatic rings. The molecule has 1 unspecified atom stereocenters. The van der Waals surface area contributed by atoms with Crippen LogP contribution >= 0.6 is 35.6 Å². The number of aliphatic imine (C=N–C) groups is 1. The summed E-state index contributed by atoms with van der Waals surface area (Å²) >= 11 is 6.39. The van der Waals surface area contributed by atoms with E-state index in [2.05, 4.69) is 48.6 Å². The Hall–Kier alpha value is -0.530. The minimum absolute atomic E-state index is 0. The summed E-state index contributed by atoms with van der Waals surface area (Å²) in [6.07, 6.45) is 0. The van der Waals surface area contributed by atoms with Gasteiger partial charge in [-0.15, -0.1) is 24.0 Å². The third kappa shape index (κ3) is 6.47. The van der Waals surface area contributed by atoms with Gasteiger partial charge in [-0.25, -0.2) is 0 Å². The van der Waals surface area contributed by atoms with E-state index >= 15 is 0 Å². The highest BCUT2D eigenvalue weighted by Crippen LogP contribution is 2.27. The summed E-state index contributed by atoms with van der Waals surface area (Å²) in [4.78, 5) is 9.04. The Morgan fingerprint density at radius 2 is 1.65 bits per heavy atom. The summed E-state index contributed by atoms with van der Waals surface area (Å²) in [5, 5.41) is 0.788. The highest BCUT2D eigenvalue weighted by molar-refractivity contribution is 14.0. The van der Waals surface area contributed by atoms with Crippen LogP contribution in [0.3, 0.4) is 0 Å². The Morgan fingerprint density at radius 1 is 1.09 bits per heavy atom. The fourth-order valence-corrected chi connectivity index (χ4v) is 2.91. The van der Waals surface area contributed by atoms with Gasteiger partial charge in [0.25, 0.3) is 0 Å². The first-order valence-electron chi connectivity index (χ1n) is 8.12. The summed E-state index contributed by atoms with van der Waals surface area (Å²) in [7, 11) is 0. The van der Waals surface area contributed by atoms with Crippen LogP contribution in [0.4, 0.5) is 0 Å². The summed E-state index contributed by atoms with van der Waals surface area (Å²) in [5.41, 5.74) is 7.23. The molecule has 0 radical (unpaired) electrons. The van der Waals surface area contributed by atoms with Gasteiger partial charge in [-0.05, 0) is 38.6 Å². The van der Waals surface area contributed by atoms with Gasteiger partial charge >= 0.3 is 0 Å². The molecule has 0 aliphatic heterocycles. The average Bonchev–Trinajstić information content (AvgIpc) is 2.53. The molecule has 2 N–H and O–H groups in total. The standard InChI is InChI=1S/C17H29ClN4.HI/c1-5-21(6-2)16(14-11-9-10-12-15(14)18)13-20-17(19)22(7-3)8-4;/h9-12,16H,5-8,13H2,1-4H3,(H2,19,20);1H. The van der Waals surface area contributed by atoms with Gasteiger partial charge in [-0.1, -0.05) is 43.6 Å². The van der Waals surface area contributed by atoms with E-state index in [-0.39, 0.29) is 30.0 Å². The topological polar surface area (TPSA) is 44.9 Å². The molecular weight excluding hydrogens is 423 g/mol. The lowest BCUT2D eigenvalue weighted by molar-refractivity contribution is 0.224. The quantitative estimate of drug-likeness (QED) is 0.368. The average molecular weight is 453 g/mol. The number of hydrogen-bond acceptors (Lipinski definition) is 2. The van der Waals surface area contributed by atoms with Crippen LogP contribution in [0.1, 0.15) is 39.3 Å². The maximum absolute atomic E-state index is 6.39. The van der Waals surface area contributed by atoms with Gasteiger partial charge in [0.15, 0.2) is 5.96 Å². The highest BCUT2D eigenvalue weighted by Gasteiger charge is 2.20. The molecule has 0 spiro atoms. The molecule has 0 aliphatic rings. The Balaban J connectivity index is 0.00000484. The van der Waals surface area contributed by atoms with Gasteiger partial charge in [0, 0.05) is 18.1 Å².